The van der Waals surface area contributed by atoms with E-state index in [4.69, 9.17) is 9.47 Å². The first kappa shape index (κ1) is 37.2. The Labute approximate surface area is 277 Å². The van der Waals surface area contributed by atoms with Gasteiger partial charge in [-0.15, -0.1) is 49.2 Å². The molecule has 232 valence electrons. The fourth-order valence-electron chi connectivity index (χ4n) is 4.52. The summed E-state index contributed by atoms with van der Waals surface area (Å²) < 4.78 is 66.6. The molecular formula is C36H34F4N2O2Ti. The summed E-state index contributed by atoms with van der Waals surface area (Å²) in [6.45, 7) is 7.29. The Morgan fingerprint density at radius 3 is 1.22 bits per heavy atom. The number of ether oxygens (including phenoxy) is 2. The third kappa shape index (κ3) is 10.00. The topological polar surface area (TPSA) is 28.3 Å². The van der Waals surface area contributed by atoms with E-state index in [0.29, 0.717) is 11.5 Å². The van der Waals surface area contributed by atoms with Gasteiger partial charge in [-0.05, 0) is 39.1 Å². The van der Waals surface area contributed by atoms with Crippen LogP contribution in [-0.2, 0) is 21.7 Å². The zero-order valence-electron chi connectivity index (χ0n) is 26.1. The average molecular weight is 651 g/mol. The molecule has 0 aliphatic heterocycles. The zero-order valence-corrected chi connectivity index (χ0v) is 27.6. The van der Waals surface area contributed by atoms with E-state index in [1.807, 2.05) is 64.1 Å². The fourth-order valence-corrected chi connectivity index (χ4v) is 4.52. The Balaban J connectivity index is 0.000000235. The first-order chi connectivity index (χ1) is 21.1. The van der Waals surface area contributed by atoms with E-state index in [9.17, 15) is 17.6 Å². The first-order valence-corrected chi connectivity index (χ1v) is 13.7. The van der Waals surface area contributed by atoms with Crippen LogP contribution >= 0.6 is 0 Å². The molecule has 2 aromatic heterocycles. The third-order valence-electron chi connectivity index (χ3n) is 6.55. The summed E-state index contributed by atoms with van der Waals surface area (Å²) in [5.74, 6) is -1.50. The number of hydrogen-bond donors (Lipinski definition) is 0. The second-order valence-electron chi connectivity index (χ2n) is 9.57. The fraction of sp³-hybridized carbons (Fsp3) is 0.222. The summed E-state index contributed by atoms with van der Waals surface area (Å²) in [7, 11) is 3.11. The smallest absolute Gasteiger partial charge is 0.495 e. The van der Waals surface area contributed by atoms with Crippen molar-refractivity contribution in [1.29, 1.82) is 0 Å². The van der Waals surface area contributed by atoms with Crippen molar-refractivity contribution < 1.29 is 48.8 Å². The van der Waals surface area contributed by atoms with Crippen molar-refractivity contribution in [2.45, 2.75) is 40.5 Å². The van der Waals surface area contributed by atoms with Gasteiger partial charge in [0, 0.05) is 46.8 Å². The van der Waals surface area contributed by atoms with Crippen LogP contribution in [0.25, 0.3) is 11.4 Å². The van der Waals surface area contributed by atoms with E-state index >= 15 is 0 Å². The van der Waals surface area contributed by atoms with Crippen molar-refractivity contribution >= 4 is 0 Å². The van der Waals surface area contributed by atoms with E-state index in [1.54, 1.807) is 35.5 Å². The van der Waals surface area contributed by atoms with Crippen molar-refractivity contribution in [3.8, 4) is 22.9 Å². The second-order valence-corrected chi connectivity index (χ2v) is 9.57. The van der Waals surface area contributed by atoms with Gasteiger partial charge in [0.1, 0.15) is 11.5 Å². The number of benzene rings is 2. The third-order valence-corrected chi connectivity index (χ3v) is 6.55. The van der Waals surface area contributed by atoms with Gasteiger partial charge in [0.05, 0.1) is 25.6 Å². The summed E-state index contributed by atoms with van der Waals surface area (Å²) in [4.78, 5) is 0. The molecule has 0 fully saturated rings. The molecule has 0 saturated carbocycles. The molecule has 0 radical (unpaired) electrons. The minimum absolute atomic E-state index is 0. The molecule has 0 bridgehead atoms. The van der Waals surface area contributed by atoms with Crippen molar-refractivity contribution in [1.82, 2.24) is 9.13 Å². The number of halogens is 4. The molecule has 0 unspecified atom stereocenters. The van der Waals surface area contributed by atoms with Crippen LogP contribution in [0.2, 0.25) is 0 Å². The van der Waals surface area contributed by atoms with E-state index in [2.05, 4.69) is 24.3 Å². The van der Waals surface area contributed by atoms with Gasteiger partial charge in [-0.3, -0.25) is 12.2 Å². The Bertz CT molecular complexity index is 1540. The van der Waals surface area contributed by atoms with Crippen molar-refractivity contribution in [2.24, 2.45) is 0 Å². The maximum atomic E-state index is 13.7. The summed E-state index contributed by atoms with van der Waals surface area (Å²) in [6, 6.07) is 12.8. The molecule has 0 N–H and O–H groups in total. The van der Waals surface area contributed by atoms with Crippen LogP contribution in [0.15, 0.2) is 72.9 Å². The van der Waals surface area contributed by atoms with Crippen LogP contribution < -0.4 is 9.47 Å². The largest absolute Gasteiger partial charge is 4.00 e. The van der Waals surface area contributed by atoms with Crippen molar-refractivity contribution in [3.63, 3.8) is 0 Å². The van der Waals surface area contributed by atoms with Gasteiger partial charge in [-0.2, -0.15) is 12.2 Å². The molecule has 0 atom stereocenters. The van der Waals surface area contributed by atoms with Crippen LogP contribution in [0.1, 0.15) is 35.6 Å². The van der Waals surface area contributed by atoms with Crippen molar-refractivity contribution in [2.75, 3.05) is 14.2 Å². The van der Waals surface area contributed by atoms with E-state index < -0.39 is 23.3 Å². The molecule has 6 rings (SSSR count). The second kappa shape index (κ2) is 18.1. The molecule has 2 heterocycles. The van der Waals surface area contributed by atoms with Gasteiger partial charge in [0.25, 0.3) is 0 Å². The average Bonchev–Trinajstić information content (AvgIpc) is 3.82. The number of hydrogen-bond acceptors (Lipinski definition) is 2. The molecule has 0 amide bonds. The number of allylic oxidation sites excluding steroid dienone is 8. The van der Waals surface area contributed by atoms with Gasteiger partial charge in [-0.25, -0.2) is 41.9 Å². The monoisotopic (exact) mass is 650 g/mol. The predicted molar refractivity (Wildman–Crippen MR) is 164 cm³/mol. The van der Waals surface area contributed by atoms with Crippen LogP contribution in [-0.4, -0.2) is 23.4 Å². The summed E-state index contributed by atoms with van der Waals surface area (Å²) in [5, 5.41) is 0. The number of aryl methyl sites for hydroxylation is 2. The maximum absolute atomic E-state index is 13.7. The summed E-state index contributed by atoms with van der Waals surface area (Å²) >= 11 is 0. The van der Waals surface area contributed by atoms with E-state index in [-0.39, 0.29) is 33.1 Å². The number of aromatic nitrogens is 2. The zero-order chi connectivity index (χ0) is 32.2. The normalized spacial score (nSPS) is 12.0. The van der Waals surface area contributed by atoms with Crippen LogP contribution in [0.5, 0.6) is 11.5 Å². The van der Waals surface area contributed by atoms with E-state index in [1.165, 1.54) is 24.3 Å². The Morgan fingerprint density at radius 2 is 1.00 bits per heavy atom. The van der Waals surface area contributed by atoms with Crippen molar-refractivity contribution in [3.05, 3.63) is 143 Å². The van der Waals surface area contributed by atoms with Crippen LogP contribution in [0.4, 0.5) is 17.6 Å². The van der Waals surface area contributed by atoms with Crippen LogP contribution in [0.3, 0.4) is 0 Å². The molecule has 2 aliphatic carbocycles. The summed E-state index contributed by atoms with van der Waals surface area (Å²) in [5.41, 5.74) is 3.71. The minimum atomic E-state index is -0.713. The Kier molecular flexibility index (Phi) is 14.9. The van der Waals surface area contributed by atoms with Gasteiger partial charge >= 0.3 is 21.7 Å². The quantitative estimate of drug-likeness (QED) is 0.125. The standard InChI is InChI=1S/2C13H12F2NO.2C5H5.Ti/c2*1-8-6-13(17-3)9(2)16(8)12-5-4-10(14)7-11(12)15;2*1-2-4-5-3-1;/h2*4-6H,1-3H3;2*1-3H,4H2;/q4*-1;+4. The summed E-state index contributed by atoms with van der Waals surface area (Å²) in [6.07, 6.45) is 20.0. The number of nitrogens with zero attached hydrogens (tertiary/aromatic N) is 2. The molecule has 2 aliphatic rings. The minimum Gasteiger partial charge on any atom is -0.495 e. The SMILES string of the molecule is COc1cc(C)n(-c2ccc(F)[c-]c2F)c1C.COc1cc(C)n(-c2ccc(F)[c-]c2F)c1C.[C-]1=CC=CC1.[C-]1=CC=CC1.[Ti+4]. The molecule has 4 aromatic rings. The molecule has 0 spiro atoms. The van der Waals surface area contributed by atoms with Crippen LogP contribution in [0, 0.1) is 75.2 Å². The Morgan fingerprint density at radius 1 is 0.622 bits per heavy atom. The molecule has 9 heteroatoms. The van der Waals surface area contributed by atoms with E-state index in [0.717, 1.165) is 35.6 Å². The molecule has 2 aromatic carbocycles. The molecule has 4 nitrogen and oxygen atoms in total. The van der Waals surface area contributed by atoms with Gasteiger partial charge < -0.3 is 18.6 Å². The Hall–Kier alpha value is -4.01. The number of rotatable bonds is 4. The van der Waals surface area contributed by atoms with Gasteiger partial charge in [-0.1, -0.05) is 0 Å². The van der Waals surface area contributed by atoms with Gasteiger partial charge in [0.2, 0.25) is 0 Å². The molecule has 45 heavy (non-hydrogen) atoms. The first-order valence-electron chi connectivity index (χ1n) is 13.7. The van der Waals surface area contributed by atoms with Gasteiger partial charge in [0.15, 0.2) is 0 Å². The predicted octanol–water partition coefficient (Wildman–Crippen LogP) is 8.97. The molecule has 0 saturated heterocycles. The molecular weight excluding hydrogens is 616 g/mol. The maximum Gasteiger partial charge on any atom is 4.00 e. The number of methoxy groups -OCH3 is 2.